The van der Waals surface area contributed by atoms with Crippen LogP contribution in [0.5, 0.6) is 0 Å². The van der Waals surface area contributed by atoms with Crippen molar-refractivity contribution in [3.63, 3.8) is 0 Å². The number of nitrogens with two attached hydrogens (primary N) is 1. The highest BCUT2D eigenvalue weighted by Gasteiger charge is 2.02. The van der Waals surface area contributed by atoms with Crippen LogP contribution in [-0.2, 0) is 11.2 Å². The molecule has 1 aromatic rings. The Morgan fingerprint density at radius 2 is 2.00 bits per heavy atom. The van der Waals surface area contributed by atoms with Crippen LogP contribution in [-0.4, -0.2) is 36.7 Å². The Morgan fingerprint density at radius 1 is 1.35 bits per heavy atom. The van der Waals surface area contributed by atoms with E-state index in [1.54, 1.807) is 0 Å². The Kier molecular flexibility index (Phi) is 6.08. The van der Waals surface area contributed by atoms with Gasteiger partial charge in [-0.05, 0) is 36.9 Å². The lowest BCUT2D eigenvalue weighted by molar-refractivity contribution is -0.118. The number of benzene rings is 1. The summed E-state index contributed by atoms with van der Waals surface area (Å²) in [5.74, 6) is 0.822. The van der Waals surface area contributed by atoms with E-state index in [0.717, 1.165) is 18.7 Å². The molecule has 0 atom stereocenters. The highest BCUT2D eigenvalue weighted by atomic mass is 32.2. The number of hydrogen-bond donors (Lipinski definition) is 1. The normalized spacial score (nSPS) is 10.8. The smallest absolute Gasteiger partial charge is 0.231 e. The lowest BCUT2D eigenvalue weighted by Gasteiger charge is -2.14. The summed E-state index contributed by atoms with van der Waals surface area (Å²) in [7, 11) is 1.91. The van der Waals surface area contributed by atoms with Crippen LogP contribution in [0, 0.1) is 0 Å². The van der Waals surface area contributed by atoms with Gasteiger partial charge in [0.05, 0.1) is 6.54 Å². The minimum atomic E-state index is -0.276. The first-order valence-corrected chi connectivity index (χ1v) is 6.79. The van der Waals surface area contributed by atoms with Crippen LogP contribution < -0.4 is 5.73 Å². The second-order valence-electron chi connectivity index (χ2n) is 4.03. The van der Waals surface area contributed by atoms with E-state index in [-0.39, 0.29) is 5.91 Å². The summed E-state index contributed by atoms with van der Waals surface area (Å²) in [6.07, 6.45) is 0.945. The van der Waals surface area contributed by atoms with Crippen molar-refractivity contribution < 1.29 is 4.79 Å². The molecule has 2 N–H and O–H groups in total. The molecule has 1 aromatic carbocycles. The number of amides is 1. The molecular weight excluding hydrogens is 232 g/mol. The van der Waals surface area contributed by atoms with Crippen molar-refractivity contribution in [3.05, 3.63) is 29.8 Å². The Bertz CT molecular complexity index is 351. The maximum absolute atomic E-state index is 10.7. The van der Waals surface area contributed by atoms with Crippen LogP contribution in [0.3, 0.4) is 0 Å². The number of rotatable bonds is 7. The van der Waals surface area contributed by atoms with E-state index in [2.05, 4.69) is 31.2 Å². The molecule has 0 spiro atoms. The standard InChI is InChI=1S/C13H20N2OS/c1-3-17-12-6-4-11(5-7-12)8-9-15(2)10-13(14)16/h4-7H,3,8-10H2,1-2H3,(H2,14,16). The molecule has 0 aliphatic heterocycles. The molecule has 0 aliphatic rings. The maximum Gasteiger partial charge on any atom is 0.231 e. The summed E-state index contributed by atoms with van der Waals surface area (Å²) in [5, 5.41) is 0. The average molecular weight is 252 g/mol. The predicted molar refractivity (Wildman–Crippen MR) is 73.2 cm³/mol. The number of primary amides is 1. The van der Waals surface area contributed by atoms with Gasteiger partial charge in [-0.3, -0.25) is 9.69 Å². The van der Waals surface area contributed by atoms with Crippen molar-refractivity contribution in [1.82, 2.24) is 4.90 Å². The van der Waals surface area contributed by atoms with Crippen LogP contribution in [0.4, 0.5) is 0 Å². The van der Waals surface area contributed by atoms with E-state index in [0.29, 0.717) is 6.54 Å². The molecule has 0 unspecified atom stereocenters. The third kappa shape index (κ3) is 5.75. The molecule has 94 valence electrons. The average Bonchev–Trinajstić information content (AvgIpc) is 2.28. The van der Waals surface area contributed by atoms with Gasteiger partial charge >= 0.3 is 0 Å². The molecule has 0 radical (unpaired) electrons. The summed E-state index contributed by atoms with van der Waals surface area (Å²) in [5.41, 5.74) is 6.43. The summed E-state index contributed by atoms with van der Waals surface area (Å²) in [6, 6.07) is 8.60. The van der Waals surface area contributed by atoms with Crippen LogP contribution in [0.25, 0.3) is 0 Å². The number of nitrogens with zero attached hydrogens (tertiary/aromatic N) is 1. The number of thioether (sulfide) groups is 1. The van der Waals surface area contributed by atoms with Crippen LogP contribution in [0.1, 0.15) is 12.5 Å². The zero-order chi connectivity index (χ0) is 12.7. The number of carbonyl (C=O) groups is 1. The molecule has 1 rings (SSSR count). The zero-order valence-corrected chi connectivity index (χ0v) is 11.3. The van der Waals surface area contributed by atoms with Crippen molar-refractivity contribution in [2.45, 2.75) is 18.2 Å². The van der Waals surface area contributed by atoms with Crippen molar-refractivity contribution in [2.75, 3.05) is 25.9 Å². The first kappa shape index (κ1) is 14.1. The summed E-state index contributed by atoms with van der Waals surface area (Å²) in [4.78, 5) is 14.0. The minimum absolute atomic E-state index is 0.276. The van der Waals surface area contributed by atoms with Gasteiger partial charge in [0.2, 0.25) is 5.91 Å². The highest BCUT2D eigenvalue weighted by Crippen LogP contribution is 2.17. The second kappa shape index (κ2) is 7.35. The molecule has 1 amide bonds. The van der Waals surface area contributed by atoms with Crippen molar-refractivity contribution in [3.8, 4) is 0 Å². The Labute approximate surface area is 107 Å². The molecule has 0 aromatic heterocycles. The SMILES string of the molecule is CCSc1ccc(CCN(C)CC(N)=O)cc1. The summed E-state index contributed by atoms with van der Waals surface area (Å²) in [6.45, 7) is 3.32. The largest absolute Gasteiger partial charge is 0.369 e. The molecule has 3 nitrogen and oxygen atoms in total. The zero-order valence-electron chi connectivity index (χ0n) is 10.5. The van der Waals surface area contributed by atoms with Crippen molar-refractivity contribution >= 4 is 17.7 Å². The van der Waals surface area contributed by atoms with Gasteiger partial charge in [-0.25, -0.2) is 0 Å². The summed E-state index contributed by atoms with van der Waals surface area (Å²) < 4.78 is 0. The van der Waals surface area contributed by atoms with E-state index in [9.17, 15) is 4.79 Å². The Morgan fingerprint density at radius 3 is 2.53 bits per heavy atom. The lowest BCUT2D eigenvalue weighted by atomic mass is 10.1. The van der Waals surface area contributed by atoms with Gasteiger partial charge in [-0.1, -0.05) is 19.1 Å². The highest BCUT2D eigenvalue weighted by molar-refractivity contribution is 7.99. The molecule has 4 heteroatoms. The molecule has 0 bridgehead atoms. The minimum Gasteiger partial charge on any atom is -0.369 e. The van der Waals surface area contributed by atoms with Crippen molar-refractivity contribution in [1.29, 1.82) is 0 Å². The van der Waals surface area contributed by atoms with Gasteiger partial charge in [-0.2, -0.15) is 0 Å². The van der Waals surface area contributed by atoms with Gasteiger partial charge in [0, 0.05) is 11.4 Å². The first-order chi connectivity index (χ1) is 8.11. The van der Waals surface area contributed by atoms with Crippen LogP contribution in [0.2, 0.25) is 0 Å². The van der Waals surface area contributed by atoms with Crippen LogP contribution in [0.15, 0.2) is 29.2 Å². The first-order valence-electron chi connectivity index (χ1n) is 5.80. The fourth-order valence-corrected chi connectivity index (χ4v) is 2.25. The molecule has 0 saturated carbocycles. The quantitative estimate of drug-likeness (QED) is 0.752. The molecule has 17 heavy (non-hydrogen) atoms. The van der Waals surface area contributed by atoms with Gasteiger partial charge in [0.1, 0.15) is 0 Å². The van der Waals surface area contributed by atoms with Crippen LogP contribution >= 0.6 is 11.8 Å². The number of carbonyl (C=O) groups excluding carboxylic acids is 1. The topological polar surface area (TPSA) is 46.3 Å². The predicted octanol–water partition coefficient (Wildman–Crippen LogP) is 1.76. The third-order valence-electron chi connectivity index (χ3n) is 2.44. The fourth-order valence-electron chi connectivity index (χ4n) is 1.58. The van der Waals surface area contributed by atoms with Gasteiger partial charge in [-0.15, -0.1) is 11.8 Å². The van der Waals surface area contributed by atoms with E-state index >= 15 is 0 Å². The maximum atomic E-state index is 10.7. The Balaban J connectivity index is 2.38. The molecule has 0 fully saturated rings. The van der Waals surface area contributed by atoms with Gasteiger partial charge in [0.25, 0.3) is 0 Å². The number of hydrogen-bond acceptors (Lipinski definition) is 3. The monoisotopic (exact) mass is 252 g/mol. The van der Waals surface area contributed by atoms with E-state index in [4.69, 9.17) is 5.73 Å². The third-order valence-corrected chi connectivity index (χ3v) is 3.34. The van der Waals surface area contributed by atoms with E-state index in [1.807, 2.05) is 23.7 Å². The lowest BCUT2D eigenvalue weighted by Crippen LogP contribution is -2.32. The van der Waals surface area contributed by atoms with E-state index in [1.165, 1.54) is 10.5 Å². The molecule has 0 aliphatic carbocycles. The summed E-state index contributed by atoms with van der Waals surface area (Å²) >= 11 is 1.85. The second-order valence-corrected chi connectivity index (χ2v) is 5.37. The Hall–Kier alpha value is -1.00. The van der Waals surface area contributed by atoms with Crippen molar-refractivity contribution in [2.24, 2.45) is 5.73 Å². The van der Waals surface area contributed by atoms with Gasteiger partial charge in [0.15, 0.2) is 0 Å². The molecule has 0 heterocycles. The molecular formula is C13H20N2OS. The molecule has 0 saturated heterocycles. The number of likely N-dealkylation sites (N-methyl/N-ethyl adjacent to an activating group) is 1. The fraction of sp³-hybridized carbons (Fsp3) is 0.462. The van der Waals surface area contributed by atoms with Gasteiger partial charge < -0.3 is 5.73 Å². The van der Waals surface area contributed by atoms with E-state index < -0.39 is 0 Å².